The van der Waals surface area contributed by atoms with E-state index in [-0.39, 0.29) is 0 Å². The highest BCUT2D eigenvalue weighted by atomic mass is 16.1. The molecule has 2 nitrogen and oxygen atoms in total. The van der Waals surface area contributed by atoms with Crippen LogP contribution in [0.5, 0.6) is 0 Å². The van der Waals surface area contributed by atoms with Gasteiger partial charge in [-0.3, -0.25) is 4.79 Å². The number of Topliss-reactive ketones (excluding diaryl/α,β-unsaturated/α-hetero) is 1. The van der Waals surface area contributed by atoms with Crippen LogP contribution in [0, 0.1) is 17.8 Å². The molecule has 0 radical (unpaired) electrons. The number of rotatable bonds is 4. The zero-order valence-electron chi connectivity index (χ0n) is 8.17. The van der Waals surface area contributed by atoms with Gasteiger partial charge in [-0.2, -0.15) is 0 Å². The Balaban J connectivity index is 1.79. The normalized spacial score (nSPS) is 36.8. The SMILES string of the molecule is NCCC(=O)CC1CC2CCC1C2. The highest BCUT2D eigenvalue weighted by Crippen LogP contribution is 2.49. The van der Waals surface area contributed by atoms with Crippen molar-refractivity contribution in [2.45, 2.75) is 38.5 Å². The monoisotopic (exact) mass is 181 g/mol. The van der Waals surface area contributed by atoms with Crippen molar-refractivity contribution in [1.82, 2.24) is 0 Å². The summed E-state index contributed by atoms with van der Waals surface area (Å²) < 4.78 is 0. The number of nitrogens with two attached hydrogens (primary N) is 1. The molecule has 0 heterocycles. The first-order valence-corrected chi connectivity index (χ1v) is 5.51. The maximum atomic E-state index is 11.4. The molecule has 3 atom stereocenters. The van der Waals surface area contributed by atoms with E-state index in [1.54, 1.807) is 0 Å². The minimum absolute atomic E-state index is 0.389. The van der Waals surface area contributed by atoms with Gasteiger partial charge < -0.3 is 5.73 Å². The third kappa shape index (κ3) is 1.93. The number of fused-ring (bicyclic) bond motifs is 2. The fraction of sp³-hybridized carbons (Fsp3) is 0.909. The molecule has 3 unspecified atom stereocenters. The minimum Gasteiger partial charge on any atom is -0.330 e. The summed E-state index contributed by atoms with van der Waals surface area (Å²) in [5.74, 6) is 2.95. The van der Waals surface area contributed by atoms with Gasteiger partial charge in [0.1, 0.15) is 5.78 Å². The molecule has 0 aliphatic heterocycles. The van der Waals surface area contributed by atoms with Crippen molar-refractivity contribution >= 4 is 5.78 Å². The first-order chi connectivity index (χ1) is 6.29. The second-order valence-electron chi connectivity index (χ2n) is 4.72. The van der Waals surface area contributed by atoms with Crippen LogP contribution in [0.2, 0.25) is 0 Å². The lowest BCUT2D eigenvalue weighted by Crippen LogP contribution is -2.17. The number of ketones is 1. The van der Waals surface area contributed by atoms with E-state index in [4.69, 9.17) is 5.73 Å². The van der Waals surface area contributed by atoms with Crippen LogP contribution in [0.25, 0.3) is 0 Å². The van der Waals surface area contributed by atoms with Gasteiger partial charge in [-0.05, 0) is 43.6 Å². The predicted molar refractivity (Wildman–Crippen MR) is 52.2 cm³/mol. The molecule has 2 fully saturated rings. The summed E-state index contributed by atoms with van der Waals surface area (Å²) in [4.78, 5) is 11.4. The van der Waals surface area contributed by atoms with Gasteiger partial charge in [0.05, 0.1) is 0 Å². The molecule has 2 bridgehead atoms. The number of hydrogen-bond donors (Lipinski definition) is 1. The molecule has 2 aliphatic rings. The van der Waals surface area contributed by atoms with Crippen molar-refractivity contribution in [2.24, 2.45) is 23.5 Å². The van der Waals surface area contributed by atoms with Gasteiger partial charge in [-0.15, -0.1) is 0 Å². The van der Waals surface area contributed by atoms with E-state index < -0.39 is 0 Å². The van der Waals surface area contributed by atoms with E-state index in [0.29, 0.717) is 18.7 Å². The standard InChI is InChI=1S/C11H19NO/c12-4-3-11(13)7-10-6-8-1-2-9(10)5-8/h8-10H,1-7,12H2. The van der Waals surface area contributed by atoms with Crippen molar-refractivity contribution in [2.75, 3.05) is 6.54 Å². The van der Waals surface area contributed by atoms with Gasteiger partial charge in [0, 0.05) is 12.8 Å². The Morgan fingerprint density at radius 1 is 1.31 bits per heavy atom. The minimum atomic E-state index is 0.389. The summed E-state index contributed by atoms with van der Waals surface area (Å²) in [6.45, 7) is 0.527. The van der Waals surface area contributed by atoms with Crippen LogP contribution in [0.1, 0.15) is 38.5 Å². The van der Waals surface area contributed by atoms with E-state index >= 15 is 0 Å². The molecule has 0 aromatic heterocycles. The van der Waals surface area contributed by atoms with Gasteiger partial charge in [0.15, 0.2) is 0 Å². The summed E-state index contributed by atoms with van der Waals surface area (Å²) in [6.07, 6.45) is 6.94. The molecule has 0 saturated heterocycles. The number of carbonyl (C=O) groups is 1. The fourth-order valence-corrected chi connectivity index (χ4v) is 3.18. The lowest BCUT2D eigenvalue weighted by Gasteiger charge is -2.20. The molecular formula is C11H19NO. The summed E-state index contributed by atoms with van der Waals surface area (Å²) in [7, 11) is 0. The molecule has 2 aliphatic carbocycles. The van der Waals surface area contributed by atoms with Gasteiger partial charge in [0.25, 0.3) is 0 Å². The predicted octanol–water partition coefficient (Wildman–Crippen LogP) is 1.73. The first-order valence-electron chi connectivity index (χ1n) is 5.51. The van der Waals surface area contributed by atoms with Gasteiger partial charge in [0.2, 0.25) is 0 Å². The molecule has 2 heteroatoms. The number of carbonyl (C=O) groups excluding carboxylic acids is 1. The summed E-state index contributed by atoms with van der Waals surface area (Å²) in [6, 6.07) is 0. The van der Waals surface area contributed by atoms with Crippen molar-refractivity contribution in [3.05, 3.63) is 0 Å². The zero-order chi connectivity index (χ0) is 9.26. The second kappa shape index (κ2) is 3.79. The lowest BCUT2D eigenvalue weighted by molar-refractivity contribution is -0.120. The molecule has 0 aromatic rings. The first kappa shape index (κ1) is 9.20. The average Bonchev–Trinajstić information content (AvgIpc) is 2.65. The smallest absolute Gasteiger partial charge is 0.134 e. The maximum Gasteiger partial charge on any atom is 0.134 e. The van der Waals surface area contributed by atoms with Crippen LogP contribution >= 0.6 is 0 Å². The highest BCUT2D eigenvalue weighted by molar-refractivity contribution is 5.78. The van der Waals surface area contributed by atoms with Gasteiger partial charge >= 0.3 is 0 Å². The molecule has 13 heavy (non-hydrogen) atoms. The maximum absolute atomic E-state index is 11.4. The van der Waals surface area contributed by atoms with Crippen LogP contribution < -0.4 is 5.73 Å². The van der Waals surface area contributed by atoms with Crippen LogP contribution in [-0.4, -0.2) is 12.3 Å². The quantitative estimate of drug-likeness (QED) is 0.717. The largest absolute Gasteiger partial charge is 0.330 e. The highest BCUT2D eigenvalue weighted by Gasteiger charge is 2.39. The molecule has 2 rings (SSSR count). The Hall–Kier alpha value is -0.370. The molecule has 2 saturated carbocycles. The summed E-state index contributed by atoms with van der Waals surface area (Å²) >= 11 is 0. The van der Waals surface area contributed by atoms with Crippen molar-refractivity contribution in [1.29, 1.82) is 0 Å². The third-order valence-corrected chi connectivity index (χ3v) is 3.80. The van der Waals surface area contributed by atoms with Crippen molar-refractivity contribution in [3.63, 3.8) is 0 Å². The fourth-order valence-electron chi connectivity index (χ4n) is 3.18. The molecule has 0 spiro atoms. The average molecular weight is 181 g/mol. The second-order valence-corrected chi connectivity index (χ2v) is 4.72. The summed E-state index contributed by atoms with van der Waals surface area (Å²) in [5.41, 5.74) is 5.36. The Kier molecular flexibility index (Phi) is 2.68. The van der Waals surface area contributed by atoms with Crippen LogP contribution in [0.3, 0.4) is 0 Å². The van der Waals surface area contributed by atoms with E-state index in [1.807, 2.05) is 0 Å². The molecule has 0 aromatic carbocycles. The van der Waals surface area contributed by atoms with E-state index in [9.17, 15) is 4.79 Å². The van der Waals surface area contributed by atoms with Crippen LogP contribution in [-0.2, 0) is 4.79 Å². The van der Waals surface area contributed by atoms with E-state index in [0.717, 1.165) is 24.2 Å². The van der Waals surface area contributed by atoms with Gasteiger partial charge in [-0.25, -0.2) is 0 Å². The molecule has 2 N–H and O–H groups in total. The Bertz CT molecular complexity index is 202. The van der Waals surface area contributed by atoms with Crippen molar-refractivity contribution < 1.29 is 4.79 Å². The van der Waals surface area contributed by atoms with Crippen LogP contribution in [0.4, 0.5) is 0 Å². The van der Waals surface area contributed by atoms with Crippen LogP contribution in [0.15, 0.2) is 0 Å². The number of hydrogen-bond acceptors (Lipinski definition) is 2. The van der Waals surface area contributed by atoms with Gasteiger partial charge in [-0.1, -0.05) is 6.42 Å². The topological polar surface area (TPSA) is 43.1 Å². The Morgan fingerprint density at radius 2 is 2.15 bits per heavy atom. The van der Waals surface area contributed by atoms with Crippen molar-refractivity contribution in [3.8, 4) is 0 Å². The molecule has 0 amide bonds. The lowest BCUT2D eigenvalue weighted by atomic mass is 9.85. The van der Waals surface area contributed by atoms with E-state index in [2.05, 4.69) is 0 Å². The Morgan fingerprint density at radius 3 is 2.69 bits per heavy atom. The zero-order valence-corrected chi connectivity index (χ0v) is 8.17. The Labute approximate surface area is 79.9 Å². The summed E-state index contributed by atoms with van der Waals surface area (Å²) in [5, 5.41) is 0. The third-order valence-electron chi connectivity index (χ3n) is 3.80. The molecule has 74 valence electrons. The van der Waals surface area contributed by atoms with E-state index in [1.165, 1.54) is 25.7 Å². The molecular weight excluding hydrogens is 162 g/mol.